The second kappa shape index (κ2) is 7.48. The third kappa shape index (κ3) is 4.06. The Labute approximate surface area is 153 Å². The van der Waals surface area contributed by atoms with Crippen LogP contribution in [0.1, 0.15) is 28.8 Å². The molecule has 0 radical (unpaired) electrons. The van der Waals surface area contributed by atoms with Gasteiger partial charge < -0.3 is 10.0 Å². The largest absolute Gasteiger partial charge is 0.507 e. The van der Waals surface area contributed by atoms with Gasteiger partial charge in [-0.1, -0.05) is 22.0 Å². The highest BCUT2D eigenvalue weighted by Gasteiger charge is 2.22. The van der Waals surface area contributed by atoms with Crippen molar-refractivity contribution in [2.45, 2.75) is 12.8 Å². The summed E-state index contributed by atoms with van der Waals surface area (Å²) in [6.07, 6.45) is 2.73. The third-order valence-electron chi connectivity index (χ3n) is 3.85. The zero-order valence-electron chi connectivity index (χ0n) is 13.3. The van der Waals surface area contributed by atoms with Gasteiger partial charge in [-0.25, -0.2) is 5.43 Å². The fraction of sp³-hybridized carbons (Fsp3) is 0.167. The lowest BCUT2D eigenvalue weighted by molar-refractivity contribution is -0.117. The average Bonchev–Trinajstić information content (AvgIpc) is 3.04. The molecule has 0 saturated carbocycles. The summed E-state index contributed by atoms with van der Waals surface area (Å²) in [4.78, 5) is 25.7. The van der Waals surface area contributed by atoms with Crippen molar-refractivity contribution in [2.24, 2.45) is 5.10 Å². The van der Waals surface area contributed by atoms with E-state index in [1.54, 1.807) is 35.2 Å². The molecule has 0 bridgehead atoms. The predicted octanol–water partition coefficient (Wildman–Crippen LogP) is 3.05. The summed E-state index contributed by atoms with van der Waals surface area (Å²) in [6, 6.07) is 11.8. The summed E-state index contributed by atoms with van der Waals surface area (Å²) in [7, 11) is 0. The van der Waals surface area contributed by atoms with E-state index in [2.05, 4.69) is 26.5 Å². The number of hydrogen-bond donors (Lipinski definition) is 2. The molecule has 1 aliphatic rings. The molecule has 0 unspecified atom stereocenters. The van der Waals surface area contributed by atoms with Crippen LogP contribution in [-0.4, -0.2) is 29.7 Å². The maximum absolute atomic E-state index is 12.2. The smallest absolute Gasteiger partial charge is 0.271 e. The lowest BCUT2D eigenvalue weighted by Crippen LogP contribution is -2.24. The standard InChI is InChI=1S/C18H16BrN3O3/c19-14-6-7-16(23)13(9-14)11-20-21-18(25)12-3-1-4-15(10-12)22-8-2-5-17(22)24/h1,3-4,6-7,9-11,23H,2,5,8H2,(H,21,25)/b20-11-. The Kier molecular flexibility index (Phi) is 5.14. The first-order valence-corrected chi connectivity index (χ1v) is 8.56. The summed E-state index contributed by atoms with van der Waals surface area (Å²) in [5.74, 6) is -0.254. The van der Waals surface area contributed by atoms with Gasteiger partial charge in [-0.2, -0.15) is 5.10 Å². The Bertz CT molecular complexity index is 851. The fourth-order valence-corrected chi connectivity index (χ4v) is 2.97. The second-order valence-electron chi connectivity index (χ2n) is 5.60. The molecule has 2 amide bonds. The van der Waals surface area contributed by atoms with Crippen LogP contribution in [-0.2, 0) is 4.79 Å². The van der Waals surface area contributed by atoms with Crippen molar-refractivity contribution in [2.75, 3.05) is 11.4 Å². The van der Waals surface area contributed by atoms with E-state index in [0.29, 0.717) is 29.8 Å². The summed E-state index contributed by atoms with van der Waals surface area (Å²) in [6.45, 7) is 0.671. The molecule has 2 aromatic carbocycles. The quantitative estimate of drug-likeness (QED) is 0.609. The summed E-state index contributed by atoms with van der Waals surface area (Å²) < 4.78 is 0.793. The molecule has 0 spiro atoms. The van der Waals surface area contributed by atoms with Crippen molar-refractivity contribution in [3.63, 3.8) is 0 Å². The van der Waals surface area contributed by atoms with E-state index in [4.69, 9.17) is 0 Å². The third-order valence-corrected chi connectivity index (χ3v) is 4.35. The highest BCUT2D eigenvalue weighted by molar-refractivity contribution is 9.10. The molecule has 2 N–H and O–H groups in total. The number of carbonyl (C=O) groups excluding carboxylic acids is 2. The van der Waals surface area contributed by atoms with Gasteiger partial charge in [0.25, 0.3) is 5.91 Å². The summed E-state index contributed by atoms with van der Waals surface area (Å²) >= 11 is 3.31. The van der Waals surface area contributed by atoms with Crippen LogP contribution >= 0.6 is 15.9 Å². The lowest BCUT2D eigenvalue weighted by atomic mass is 10.2. The van der Waals surface area contributed by atoms with Crippen LogP contribution in [0.4, 0.5) is 5.69 Å². The zero-order chi connectivity index (χ0) is 17.8. The van der Waals surface area contributed by atoms with Crippen molar-refractivity contribution in [1.29, 1.82) is 0 Å². The second-order valence-corrected chi connectivity index (χ2v) is 6.52. The van der Waals surface area contributed by atoms with Gasteiger partial charge in [0.1, 0.15) is 5.75 Å². The Morgan fingerprint density at radius 2 is 2.12 bits per heavy atom. The van der Waals surface area contributed by atoms with Crippen LogP contribution in [0.3, 0.4) is 0 Å². The number of nitrogens with zero attached hydrogens (tertiary/aromatic N) is 2. The van der Waals surface area contributed by atoms with E-state index in [9.17, 15) is 14.7 Å². The van der Waals surface area contributed by atoms with Gasteiger partial charge in [0, 0.05) is 34.3 Å². The molecule has 25 heavy (non-hydrogen) atoms. The number of anilines is 1. The molecule has 128 valence electrons. The normalized spacial score (nSPS) is 14.3. The van der Waals surface area contributed by atoms with Gasteiger partial charge in [0.15, 0.2) is 0 Å². The highest BCUT2D eigenvalue weighted by atomic mass is 79.9. The van der Waals surface area contributed by atoms with Gasteiger partial charge in [-0.05, 0) is 42.8 Å². The van der Waals surface area contributed by atoms with Gasteiger partial charge in [0.2, 0.25) is 5.91 Å². The maximum atomic E-state index is 12.2. The zero-order valence-corrected chi connectivity index (χ0v) is 14.9. The van der Waals surface area contributed by atoms with Crippen molar-refractivity contribution in [3.8, 4) is 5.75 Å². The predicted molar refractivity (Wildman–Crippen MR) is 98.9 cm³/mol. The fourth-order valence-electron chi connectivity index (χ4n) is 2.59. The number of rotatable bonds is 4. The van der Waals surface area contributed by atoms with Crippen LogP contribution in [0.5, 0.6) is 5.75 Å². The number of hydrogen-bond acceptors (Lipinski definition) is 4. The Balaban J connectivity index is 1.70. The molecule has 1 heterocycles. The molecule has 2 aromatic rings. The van der Waals surface area contributed by atoms with Crippen LogP contribution in [0.2, 0.25) is 0 Å². The number of halogens is 1. The Morgan fingerprint density at radius 1 is 1.28 bits per heavy atom. The minimum atomic E-state index is -0.390. The SMILES string of the molecule is O=C(N/N=C\c1cc(Br)ccc1O)c1cccc(N2CCCC2=O)c1. The number of aromatic hydroxyl groups is 1. The van der Waals surface area contributed by atoms with Gasteiger partial charge >= 0.3 is 0 Å². The minimum Gasteiger partial charge on any atom is -0.507 e. The van der Waals surface area contributed by atoms with Crippen LogP contribution in [0, 0.1) is 0 Å². The van der Waals surface area contributed by atoms with E-state index in [1.807, 2.05) is 6.07 Å². The topological polar surface area (TPSA) is 82.0 Å². The van der Waals surface area contributed by atoms with Crippen LogP contribution in [0.15, 0.2) is 52.0 Å². The molecule has 7 heteroatoms. The Hall–Kier alpha value is -2.67. The highest BCUT2D eigenvalue weighted by Crippen LogP contribution is 2.22. The molecular weight excluding hydrogens is 386 g/mol. The molecule has 1 aliphatic heterocycles. The number of phenols is 1. The van der Waals surface area contributed by atoms with E-state index >= 15 is 0 Å². The number of amides is 2. The molecule has 0 aromatic heterocycles. The van der Waals surface area contributed by atoms with Crippen molar-refractivity contribution in [1.82, 2.24) is 5.43 Å². The maximum Gasteiger partial charge on any atom is 0.271 e. The van der Waals surface area contributed by atoms with Crippen molar-refractivity contribution < 1.29 is 14.7 Å². The summed E-state index contributed by atoms with van der Waals surface area (Å²) in [5, 5.41) is 13.6. The first-order chi connectivity index (χ1) is 12.0. The monoisotopic (exact) mass is 401 g/mol. The van der Waals surface area contributed by atoms with Crippen molar-refractivity contribution >= 4 is 39.6 Å². The molecule has 0 atom stereocenters. The van der Waals surface area contributed by atoms with E-state index in [0.717, 1.165) is 10.9 Å². The van der Waals surface area contributed by atoms with Crippen LogP contribution in [0.25, 0.3) is 0 Å². The number of phenolic OH excluding ortho intramolecular Hbond substituents is 1. The molecule has 3 rings (SSSR count). The molecule has 6 nitrogen and oxygen atoms in total. The number of nitrogens with one attached hydrogen (secondary N) is 1. The number of hydrazone groups is 1. The number of carbonyl (C=O) groups is 2. The van der Waals surface area contributed by atoms with E-state index in [-0.39, 0.29) is 17.6 Å². The molecule has 0 aliphatic carbocycles. The molecular formula is C18H16BrN3O3. The van der Waals surface area contributed by atoms with Crippen molar-refractivity contribution in [3.05, 3.63) is 58.1 Å². The Morgan fingerprint density at radius 3 is 2.88 bits per heavy atom. The van der Waals surface area contributed by atoms with E-state index in [1.165, 1.54) is 12.3 Å². The average molecular weight is 402 g/mol. The van der Waals surface area contributed by atoms with Gasteiger partial charge in [0.05, 0.1) is 6.21 Å². The summed E-state index contributed by atoms with van der Waals surface area (Å²) in [5.41, 5.74) is 4.02. The van der Waals surface area contributed by atoms with Gasteiger partial charge in [-0.3, -0.25) is 9.59 Å². The van der Waals surface area contributed by atoms with Gasteiger partial charge in [-0.15, -0.1) is 0 Å². The minimum absolute atomic E-state index is 0.0655. The molecule has 1 saturated heterocycles. The lowest BCUT2D eigenvalue weighted by Gasteiger charge is -2.16. The first kappa shape index (κ1) is 17.2. The van der Waals surface area contributed by atoms with Crippen LogP contribution < -0.4 is 10.3 Å². The first-order valence-electron chi connectivity index (χ1n) is 7.77. The van der Waals surface area contributed by atoms with E-state index < -0.39 is 0 Å². The number of benzene rings is 2. The molecule has 1 fully saturated rings.